The van der Waals surface area contributed by atoms with Gasteiger partial charge in [-0.05, 0) is 31.2 Å². The number of hydrogen-bond donors (Lipinski definition) is 2. The SMILES string of the molecule is COc1ccc(NC(=O)C2CC(=O)N(c3ccc(C)cc3)C2)cc1OCC(N)=O. The molecule has 0 aliphatic carbocycles. The lowest BCUT2D eigenvalue weighted by atomic mass is 10.1. The third-order valence-corrected chi connectivity index (χ3v) is 4.64. The van der Waals surface area contributed by atoms with E-state index in [0.29, 0.717) is 18.0 Å². The maximum Gasteiger partial charge on any atom is 0.255 e. The van der Waals surface area contributed by atoms with Crippen molar-refractivity contribution in [3.05, 3.63) is 48.0 Å². The van der Waals surface area contributed by atoms with Crippen LogP contribution in [0.25, 0.3) is 0 Å². The summed E-state index contributed by atoms with van der Waals surface area (Å²) < 4.78 is 10.5. The maximum atomic E-state index is 12.7. The van der Waals surface area contributed by atoms with Crippen LogP contribution >= 0.6 is 0 Å². The first-order valence-electron chi connectivity index (χ1n) is 9.14. The number of rotatable bonds is 7. The molecule has 1 aliphatic heterocycles. The van der Waals surface area contributed by atoms with Gasteiger partial charge in [-0.1, -0.05) is 17.7 Å². The molecule has 0 saturated carbocycles. The van der Waals surface area contributed by atoms with E-state index in [9.17, 15) is 14.4 Å². The lowest BCUT2D eigenvalue weighted by molar-refractivity contribution is -0.122. The number of nitrogens with two attached hydrogens (primary N) is 1. The predicted molar refractivity (Wildman–Crippen MR) is 108 cm³/mol. The number of primary amides is 1. The number of hydrogen-bond acceptors (Lipinski definition) is 5. The van der Waals surface area contributed by atoms with Crippen LogP contribution < -0.4 is 25.4 Å². The molecule has 0 radical (unpaired) electrons. The Kier molecular flexibility index (Phi) is 6.01. The van der Waals surface area contributed by atoms with E-state index in [4.69, 9.17) is 15.2 Å². The van der Waals surface area contributed by atoms with Crippen molar-refractivity contribution in [2.24, 2.45) is 11.7 Å². The van der Waals surface area contributed by atoms with Crippen LogP contribution in [0.15, 0.2) is 42.5 Å². The van der Waals surface area contributed by atoms with Crippen molar-refractivity contribution in [3.8, 4) is 11.5 Å². The zero-order chi connectivity index (χ0) is 21.0. The van der Waals surface area contributed by atoms with Gasteiger partial charge >= 0.3 is 0 Å². The summed E-state index contributed by atoms with van der Waals surface area (Å²) >= 11 is 0. The van der Waals surface area contributed by atoms with Gasteiger partial charge < -0.3 is 25.4 Å². The van der Waals surface area contributed by atoms with Gasteiger partial charge in [-0.25, -0.2) is 0 Å². The van der Waals surface area contributed by atoms with E-state index in [1.165, 1.54) is 7.11 Å². The van der Waals surface area contributed by atoms with Gasteiger partial charge in [0, 0.05) is 30.4 Å². The molecule has 8 nitrogen and oxygen atoms in total. The van der Waals surface area contributed by atoms with Crippen molar-refractivity contribution in [2.45, 2.75) is 13.3 Å². The first kappa shape index (κ1) is 20.2. The van der Waals surface area contributed by atoms with Crippen LogP contribution in [0.2, 0.25) is 0 Å². The summed E-state index contributed by atoms with van der Waals surface area (Å²) in [6, 6.07) is 12.4. The molecule has 1 saturated heterocycles. The van der Waals surface area contributed by atoms with E-state index in [0.717, 1.165) is 11.3 Å². The lowest BCUT2D eigenvalue weighted by Gasteiger charge is -2.17. The number of anilines is 2. The second kappa shape index (κ2) is 8.64. The van der Waals surface area contributed by atoms with Crippen molar-refractivity contribution in [3.63, 3.8) is 0 Å². The van der Waals surface area contributed by atoms with Crippen LogP contribution in [0.5, 0.6) is 11.5 Å². The summed E-state index contributed by atoms with van der Waals surface area (Å²) in [7, 11) is 1.47. The second-order valence-corrected chi connectivity index (χ2v) is 6.85. The monoisotopic (exact) mass is 397 g/mol. The Morgan fingerprint density at radius 3 is 2.55 bits per heavy atom. The Morgan fingerprint density at radius 2 is 1.90 bits per heavy atom. The van der Waals surface area contributed by atoms with Crippen LogP contribution in [0.4, 0.5) is 11.4 Å². The molecular formula is C21H23N3O5. The van der Waals surface area contributed by atoms with Gasteiger partial charge in [-0.3, -0.25) is 14.4 Å². The Bertz CT molecular complexity index is 926. The minimum absolute atomic E-state index is 0.0887. The van der Waals surface area contributed by atoms with E-state index in [2.05, 4.69) is 5.32 Å². The second-order valence-electron chi connectivity index (χ2n) is 6.85. The number of benzene rings is 2. The fourth-order valence-electron chi connectivity index (χ4n) is 3.12. The average Bonchev–Trinajstić information content (AvgIpc) is 3.09. The molecule has 8 heteroatoms. The third kappa shape index (κ3) is 4.84. The zero-order valence-corrected chi connectivity index (χ0v) is 16.3. The summed E-state index contributed by atoms with van der Waals surface area (Å²) in [5, 5.41) is 2.80. The number of aryl methyl sites for hydroxylation is 1. The number of carbonyl (C=O) groups is 3. The number of nitrogens with zero attached hydrogens (tertiary/aromatic N) is 1. The van der Waals surface area contributed by atoms with E-state index in [1.54, 1.807) is 23.1 Å². The molecule has 0 bridgehead atoms. The van der Waals surface area contributed by atoms with E-state index < -0.39 is 11.8 Å². The highest BCUT2D eigenvalue weighted by Crippen LogP contribution is 2.31. The molecule has 2 aromatic rings. The van der Waals surface area contributed by atoms with Crippen LogP contribution in [-0.2, 0) is 14.4 Å². The quantitative estimate of drug-likeness (QED) is 0.741. The smallest absolute Gasteiger partial charge is 0.255 e. The molecule has 1 fully saturated rings. The number of ether oxygens (including phenoxy) is 2. The highest BCUT2D eigenvalue weighted by molar-refractivity contribution is 6.03. The summed E-state index contributed by atoms with van der Waals surface area (Å²) in [5.74, 6) is -0.755. The lowest BCUT2D eigenvalue weighted by Crippen LogP contribution is -2.28. The summed E-state index contributed by atoms with van der Waals surface area (Å²) in [4.78, 5) is 37.6. The molecule has 29 heavy (non-hydrogen) atoms. The fourth-order valence-corrected chi connectivity index (χ4v) is 3.12. The first-order chi connectivity index (χ1) is 13.9. The molecule has 152 valence electrons. The van der Waals surface area contributed by atoms with Gasteiger partial charge in [-0.2, -0.15) is 0 Å². The average molecular weight is 397 g/mol. The molecule has 0 spiro atoms. The van der Waals surface area contributed by atoms with Crippen molar-refractivity contribution in [1.82, 2.24) is 0 Å². The molecular weight excluding hydrogens is 374 g/mol. The van der Waals surface area contributed by atoms with Gasteiger partial charge in [0.1, 0.15) is 0 Å². The fraction of sp³-hybridized carbons (Fsp3) is 0.286. The Balaban J connectivity index is 1.68. The number of carbonyl (C=O) groups excluding carboxylic acids is 3. The Morgan fingerprint density at radius 1 is 1.17 bits per heavy atom. The standard InChI is InChI=1S/C21H23N3O5/c1-13-3-6-16(7-4-13)24-11-14(9-20(24)26)21(27)23-15-5-8-17(28-2)18(10-15)29-12-19(22)25/h3-8,10,14H,9,11-12H2,1-2H3,(H2,22,25)(H,23,27). The van der Waals surface area contributed by atoms with Gasteiger partial charge in [0.25, 0.3) is 5.91 Å². The molecule has 3 N–H and O–H groups in total. The summed E-state index contributed by atoms with van der Waals surface area (Å²) in [6.07, 6.45) is 0.140. The highest BCUT2D eigenvalue weighted by atomic mass is 16.5. The highest BCUT2D eigenvalue weighted by Gasteiger charge is 2.35. The first-order valence-corrected chi connectivity index (χ1v) is 9.14. The van der Waals surface area contributed by atoms with Crippen molar-refractivity contribution < 1.29 is 23.9 Å². The van der Waals surface area contributed by atoms with Crippen LogP contribution in [0.1, 0.15) is 12.0 Å². The van der Waals surface area contributed by atoms with Gasteiger partial charge in [-0.15, -0.1) is 0 Å². The van der Waals surface area contributed by atoms with E-state index in [-0.39, 0.29) is 30.6 Å². The molecule has 3 rings (SSSR count). The summed E-state index contributed by atoms with van der Waals surface area (Å²) in [6.45, 7) is 1.98. The normalized spacial score (nSPS) is 15.9. The Labute approximate surface area is 168 Å². The van der Waals surface area contributed by atoms with Crippen molar-refractivity contribution >= 4 is 29.1 Å². The van der Waals surface area contributed by atoms with Crippen molar-refractivity contribution in [1.29, 1.82) is 0 Å². The van der Waals surface area contributed by atoms with Crippen LogP contribution in [0, 0.1) is 12.8 Å². The molecule has 1 aliphatic rings. The largest absolute Gasteiger partial charge is 0.493 e. The molecule has 1 atom stereocenters. The number of amides is 3. The Hall–Kier alpha value is -3.55. The maximum absolute atomic E-state index is 12.7. The van der Waals surface area contributed by atoms with Gasteiger partial charge in [0.2, 0.25) is 11.8 Å². The predicted octanol–water partition coefficient (Wildman–Crippen LogP) is 1.86. The van der Waals surface area contributed by atoms with Gasteiger partial charge in [0.15, 0.2) is 18.1 Å². The number of nitrogens with one attached hydrogen (secondary N) is 1. The minimum atomic E-state index is -0.623. The molecule has 1 heterocycles. The molecule has 0 aromatic heterocycles. The minimum Gasteiger partial charge on any atom is -0.493 e. The third-order valence-electron chi connectivity index (χ3n) is 4.64. The van der Waals surface area contributed by atoms with Crippen LogP contribution in [-0.4, -0.2) is 38.0 Å². The van der Waals surface area contributed by atoms with Crippen molar-refractivity contribution in [2.75, 3.05) is 30.5 Å². The number of methoxy groups -OCH3 is 1. The van der Waals surface area contributed by atoms with Crippen LogP contribution in [0.3, 0.4) is 0 Å². The molecule has 3 amide bonds. The van der Waals surface area contributed by atoms with E-state index in [1.807, 2.05) is 31.2 Å². The topological polar surface area (TPSA) is 111 Å². The molecule has 1 unspecified atom stereocenters. The molecule has 2 aromatic carbocycles. The van der Waals surface area contributed by atoms with Gasteiger partial charge in [0.05, 0.1) is 13.0 Å². The van der Waals surface area contributed by atoms with E-state index >= 15 is 0 Å². The zero-order valence-electron chi connectivity index (χ0n) is 16.3. The summed E-state index contributed by atoms with van der Waals surface area (Å²) in [5.41, 5.74) is 7.45.